The van der Waals surface area contributed by atoms with Crippen molar-refractivity contribution >= 4 is 17.5 Å². The van der Waals surface area contributed by atoms with E-state index in [0.29, 0.717) is 40.8 Å². The number of rotatable bonds is 5. The number of amides is 2. The standard InChI is InChI=1S/C25H35N5O2/c1-25(2)17-9-8-16(20(25)11-17)13-27-24(32)21-6-3-7-22-28-19(15-30(21)22)12-23(31)29-10-4-5-18(26)14-29/h3,6-7,15-18,20H,4-5,8-14,26H2,1-2H3,(H,27,32)/t16-,17+,18?,20-/m0/s1. The molecule has 2 aromatic heterocycles. The number of nitrogens with one attached hydrogen (secondary N) is 1. The molecule has 1 saturated heterocycles. The minimum Gasteiger partial charge on any atom is -0.350 e. The summed E-state index contributed by atoms with van der Waals surface area (Å²) in [6.45, 7) is 6.86. The van der Waals surface area contributed by atoms with Crippen LogP contribution in [0.15, 0.2) is 24.4 Å². The Labute approximate surface area is 189 Å². The Kier molecular flexibility index (Phi) is 5.48. The van der Waals surface area contributed by atoms with Gasteiger partial charge in [-0.3, -0.25) is 14.0 Å². The van der Waals surface area contributed by atoms with Crippen LogP contribution in [0.3, 0.4) is 0 Å². The molecule has 4 aliphatic rings. The minimum atomic E-state index is -0.0767. The summed E-state index contributed by atoms with van der Waals surface area (Å²) in [6.07, 6.45) is 7.77. The number of imidazole rings is 1. The van der Waals surface area contributed by atoms with Crippen LogP contribution in [0.1, 0.15) is 62.1 Å². The Bertz CT molecular complexity index is 1030. The Hall–Kier alpha value is -2.41. The number of hydrogen-bond donors (Lipinski definition) is 2. The SMILES string of the molecule is CC1(C)[C@@H]2CC[C@@H](CNC(=O)c3cccc4nc(CC(=O)N5CCCC(N)C5)cn34)[C@@H]1C2. The normalized spacial score (nSPS) is 28.9. The van der Waals surface area contributed by atoms with Crippen LogP contribution in [0.5, 0.6) is 0 Å². The molecule has 6 rings (SSSR count). The maximum absolute atomic E-state index is 13.0. The van der Waals surface area contributed by atoms with Crippen molar-refractivity contribution in [2.45, 2.75) is 58.4 Å². The van der Waals surface area contributed by atoms with E-state index in [2.05, 4.69) is 24.1 Å². The van der Waals surface area contributed by atoms with Gasteiger partial charge in [0.25, 0.3) is 5.91 Å². The van der Waals surface area contributed by atoms with Crippen molar-refractivity contribution in [1.82, 2.24) is 19.6 Å². The van der Waals surface area contributed by atoms with E-state index in [1.54, 1.807) is 0 Å². The van der Waals surface area contributed by atoms with Gasteiger partial charge >= 0.3 is 0 Å². The lowest BCUT2D eigenvalue weighted by Crippen LogP contribution is -2.54. The number of carbonyl (C=O) groups excluding carboxylic acids is 2. The monoisotopic (exact) mass is 437 g/mol. The maximum atomic E-state index is 13.0. The molecule has 0 radical (unpaired) electrons. The van der Waals surface area contributed by atoms with E-state index in [1.165, 1.54) is 19.3 Å². The Morgan fingerprint density at radius 3 is 2.84 bits per heavy atom. The predicted octanol–water partition coefficient (Wildman–Crippen LogP) is 2.63. The molecule has 0 spiro atoms. The molecular formula is C25H35N5O2. The van der Waals surface area contributed by atoms with Crippen molar-refractivity contribution in [3.8, 4) is 0 Å². The number of likely N-dealkylation sites (tertiary alicyclic amines) is 1. The Morgan fingerprint density at radius 2 is 2.09 bits per heavy atom. The van der Waals surface area contributed by atoms with E-state index in [4.69, 9.17) is 5.73 Å². The molecule has 7 nitrogen and oxygen atoms in total. The van der Waals surface area contributed by atoms with Crippen LogP contribution in [0.25, 0.3) is 5.65 Å². The number of carbonyl (C=O) groups is 2. The van der Waals surface area contributed by atoms with Gasteiger partial charge < -0.3 is 16.0 Å². The summed E-state index contributed by atoms with van der Waals surface area (Å²) in [5.74, 6) is 2.11. The van der Waals surface area contributed by atoms with E-state index in [1.807, 2.05) is 33.7 Å². The molecular weight excluding hydrogens is 402 g/mol. The molecule has 1 unspecified atom stereocenters. The lowest BCUT2D eigenvalue weighted by Gasteiger charge is -2.60. The van der Waals surface area contributed by atoms with Crippen LogP contribution >= 0.6 is 0 Å². The minimum absolute atomic E-state index is 0.0493. The van der Waals surface area contributed by atoms with Crippen molar-refractivity contribution in [3.63, 3.8) is 0 Å². The lowest BCUT2D eigenvalue weighted by atomic mass is 9.45. The van der Waals surface area contributed by atoms with Crippen LogP contribution < -0.4 is 11.1 Å². The van der Waals surface area contributed by atoms with Crippen molar-refractivity contribution in [2.24, 2.45) is 28.9 Å². The van der Waals surface area contributed by atoms with Gasteiger partial charge in [0.05, 0.1) is 12.1 Å². The largest absolute Gasteiger partial charge is 0.350 e. The summed E-state index contributed by atoms with van der Waals surface area (Å²) in [5, 5.41) is 3.18. The molecule has 3 heterocycles. The summed E-state index contributed by atoms with van der Waals surface area (Å²) in [5.41, 5.74) is 8.38. The van der Waals surface area contributed by atoms with E-state index in [-0.39, 0.29) is 24.3 Å². The molecule has 3 aliphatic carbocycles. The summed E-state index contributed by atoms with van der Waals surface area (Å²) in [6, 6.07) is 5.61. The first kappa shape index (κ1) is 21.4. The smallest absolute Gasteiger partial charge is 0.268 e. The number of hydrogen-bond acceptors (Lipinski definition) is 4. The van der Waals surface area contributed by atoms with Crippen molar-refractivity contribution in [1.29, 1.82) is 0 Å². The number of nitrogens with two attached hydrogens (primary N) is 1. The fraction of sp³-hybridized carbons (Fsp3) is 0.640. The highest BCUT2D eigenvalue weighted by Crippen LogP contribution is 2.61. The Morgan fingerprint density at radius 1 is 1.25 bits per heavy atom. The van der Waals surface area contributed by atoms with Crippen LogP contribution in [-0.4, -0.2) is 51.8 Å². The molecule has 3 N–H and O–H groups in total. The Balaban J connectivity index is 1.26. The second-order valence-electron chi connectivity index (χ2n) is 10.7. The van der Waals surface area contributed by atoms with Crippen LogP contribution in [0, 0.1) is 23.2 Å². The number of aromatic nitrogens is 2. The second kappa shape index (κ2) is 8.18. The first-order valence-electron chi connectivity index (χ1n) is 12.1. The van der Waals surface area contributed by atoms with Gasteiger partial charge in [-0.1, -0.05) is 19.9 Å². The highest BCUT2D eigenvalue weighted by atomic mass is 16.2. The summed E-state index contributed by atoms with van der Waals surface area (Å²) in [7, 11) is 0. The van der Waals surface area contributed by atoms with E-state index < -0.39 is 0 Å². The second-order valence-corrected chi connectivity index (χ2v) is 10.7. The molecule has 4 atom stereocenters. The van der Waals surface area contributed by atoms with Crippen LogP contribution in [-0.2, 0) is 11.2 Å². The molecule has 32 heavy (non-hydrogen) atoms. The van der Waals surface area contributed by atoms with Crippen molar-refractivity contribution < 1.29 is 9.59 Å². The average Bonchev–Trinajstić information content (AvgIpc) is 3.19. The highest BCUT2D eigenvalue weighted by molar-refractivity contribution is 5.93. The van der Waals surface area contributed by atoms with Gasteiger partial charge in [-0.15, -0.1) is 0 Å². The fourth-order valence-electron chi connectivity index (χ4n) is 6.36. The third-order valence-electron chi connectivity index (χ3n) is 8.44. The predicted molar refractivity (Wildman–Crippen MR) is 123 cm³/mol. The van der Waals surface area contributed by atoms with E-state index in [9.17, 15) is 9.59 Å². The zero-order chi connectivity index (χ0) is 22.5. The third kappa shape index (κ3) is 3.81. The van der Waals surface area contributed by atoms with Gasteiger partial charge in [-0.25, -0.2) is 4.98 Å². The van der Waals surface area contributed by atoms with Crippen molar-refractivity contribution in [3.05, 3.63) is 35.8 Å². The molecule has 3 saturated carbocycles. The molecule has 1 aliphatic heterocycles. The van der Waals surface area contributed by atoms with Gasteiger partial charge in [0.15, 0.2) is 0 Å². The summed E-state index contributed by atoms with van der Waals surface area (Å²) < 4.78 is 1.81. The number of piperidine rings is 1. The molecule has 0 aromatic carbocycles. The van der Waals surface area contributed by atoms with E-state index in [0.717, 1.165) is 31.8 Å². The summed E-state index contributed by atoms with van der Waals surface area (Å²) >= 11 is 0. The summed E-state index contributed by atoms with van der Waals surface area (Å²) in [4.78, 5) is 32.2. The molecule has 7 heteroatoms. The van der Waals surface area contributed by atoms with Gasteiger partial charge in [0.2, 0.25) is 5.91 Å². The lowest BCUT2D eigenvalue weighted by molar-refractivity contribution is -0.131. The highest BCUT2D eigenvalue weighted by Gasteiger charge is 2.53. The maximum Gasteiger partial charge on any atom is 0.268 e. The number of pyridine rings is 1. The first-order valence-corrected chi connectivity index (χ1v) is 12.1. The molecule has 2 aromatic rings. The zero-order valence-corrected chi connectivity index (χ0v) is 19.2. The topological polar surface area (TPSA) is 92.7 Å². The molecule has 2 amide bonds. The van der Waals surface area contributed by atoms with Crippen LogP contribution in [0.2, 0.25) is 0 Å². The number of nitrogens with zero attached hydrogens (tertiary/aromatic N) is 3. The molecule has 172 valence electrons. The zero-order valence-electron chi connectivity index (χ0n) is 19.2. The first-order chi connectivity index (χ1) is 15.3. The van der Waals surface area contributed by atoms with Crippen LogP contribution in [0.4, 0.5) is 0 Å². The molecule has 4 fully saturated rings. The average molecular weight is 438 g/mol. The fourth-order valence-corrected chi connectivity index (χ4v) is 6.36. The van der Waals surface area contributed by atoms with Gasteiger partial charge in [0, 0.05) is 31.9 Å². The number of fused-ring (bicyclic) bond motifs is 3. The van der Waals surface area contributed by atoms with Gasteiger partial charge in [-0.05, 0) is 67.4 Å². The van der Waals surface area contributed by atoms with Gasteiger partial charge in [0.1, 0.15) is 11.3 Å². The molecule has 2 bridgehead atoms. The van der Waals surface area contributed by atoms with E-state index >= 15 is 0 Å². The third-order valence-corrected chi connectivity index (χ3v) is 8.44. The van der Waals surface area contributed by atoms with Gasteiger partial charge in [-0.2, -0.15) is 0 Å². The quantitative estimate of drug-likeness (QED) is 0.752. The van der Waals surface area contributed by atoms with Crippen molar-refractivity contribution in [2.75, 3.05) is 19.6 Å².